The lowest BCUT2D eigenvalue weighted by Crippen LogP contribution is -2.27. The van der Waals surface area contributed by atoms with Crippen molar-refractivity contribution < 1.29 is 0 Å². The molecule has 0 aromatic carbocycles. The van der Waals surface area contributed by atoms with E-state index in [1.807, 2.05) is 0 Å². The molecule has 6 atom stereocenters. The molecule has 2 nitrogen and oxygen atoms in total. The summed E-state index contributed by atoms with van der Waals surface area (Å²) in [7, 11) is 9.08. The van der Waals surface area contributed by atoms with Gasteiger partial charge in [0.1, 0.15) is 0 Å². The minimum absolute atomic E-state index is 0.826. The molecular formula is C62H126N2. The molecule has 2 aliphatic carbocycles. The van der Waals surface area contributed by atoms with Crippen molar-refractivity contribution in [2.24, 2.45) is 29.6 Å². The quantitative estimate of drug-likeness (QED) is 0.0562. The summed E-state index contributed by atoms with van der Waals surface area (Å²) in [6.45, 7) is 10.5. The number of nitrogens with zero attached hydrogens (tertiary/aromatic N) is 2. The zero-order valence-corrected chi connectivity index (χ0v) is 46.3. The average Bonchev–Trinajstić information content (AvgIpc) is 4.22. The van der Waals surface area contributed by atoms with Crippen LogP contribution in [-0.4, -0.2) is 50.6 Å². The number of hydrogen-bond donors (Lipinski definition) is 0. The predicted octanol–water partition coefficient (Wildman–Crippen LogP) is 21.0. The van der Waals surface area contributed by atoms with Gasteiger partial charge in [-0.15, -0.1) is 0 Å². The van der Waals surface area contributed by atoms with Crippen molar-refractivity contribution in [3.8, 4) is 0 Å². The Labute approximate surface area is 408 Å². The average molecular weight is 900 g/mol. The fourth-order valence-electron chi connectivity index (χ4n) is 11.4. The van der Waals surface area contributed by atoms with Crippen molar-refractivity contribution in [1.29, 1.82) is 0 Å². The SMILES string of the molecule is CCCCCCCCCC(CCCCCCC[C@H]1C[C@H]1CCCCCCCC)CCN(C)C.CCCCCCCCCCC[C@H]1C[C@H]1CCCCC(CCCCCCCCC)N(C)C. The molecule has 0 aromatic heterocycles. The minimum Gasteiger partial charge on any atom is -0.309 e. The summed E-state index contributed by atoms with van der Waals surface area (Å²) >= 11 is 0. The molecule has 0 heterocycles. The third kappa shape index (κ3) is 40.9. The Kier molecular flexibility index (Phi) is 45.1. The van der Waals surface area contributed by atoms with Crippen LogP contribution in [0.5, 0.6) is 0 Å². The van der Waals surface area contributed by atoms with E-state index in [1.54, 1.807) is 32.1 Å². The zero-order valence-electron chi connectivity index (χ0n) is 46.3. The fraction of sp³-hybridized carbons (Fsp3) is 1.00. The van der Waals surface area contributed by atoms with Gasteiger partial charge in [0.2, 0.25) is 0 Å². The molecule has 2 aliphatic rings. The van der Waals surface area contributed by atoms with Crippen LogP contribution in [-0.2, 0) is 0 Å². The minimum atomic E-state index is 0.826. The molecule has 2 saturated carbocycles. The van der Waals surface area contributed by atoms with Crippen LogP contribution < -0.4 is 0 Å². The van der Waals surface area contributed by atoms with Gasteiger partial charge in [0.05, 0.1) is 0 Å². The molecule has 0 aromatic rings. The van der Waals surface area contributed by atoms with Crippen LogP contribution in [0.2, 0.25) is 0 Å². The first-order valence-electron chi connectivity index (χ1n) is 30.7. The Hall–Kier alpha value is -0.0800. The lowest BCUT2D eigenvalue weighted by atomic mass is 9.91. The van der Waals surface area contributed by atoms with Gasteiger partial charge in [-0.2, -0.15) is 0 Å². The Balaban J connectivity index is 0.000000641. The summed E-state index contributed by atoms with van der Waals surface area (Å²) in [4.78, 5) is 4.89. The molecule has 64 heavy (non-hydrogen) atoms. The number of unbranched alkanes of at least 4 members (excludes halogenated alkanes) is 30. The second-order valence-electron chi connectivity index (χ2n) is 23.2. The van der Waals surface area contributed by atoms with E-state index in [0.29, 0.717) is 0 Å². The van der Waals surface area contributed by atoms with Crippen LogP contribution in [0.15, 0.2) is 0 Å². The van der Waals surface area contributed by atoms with Crippen LogP contribution in [0.25, 0.3) is 0 Å². The molecule has 0 amide bonds. The van der Waals surface area contributed by atoms with Gasteiger partial charge in [-0.25, -0.2) is 0 Å². The third-order valence-electron chi connectivity index (χ3n) is 16.4. The molecule has 2 rings (SSSR count). The van der Waals surface area contributed by atoms with Crippen molar-refractivity contribution in [2.45, 2.75) is 336 Å². The van der Waals surface area contributed by atoms with Crippen LogP contribution in [0.4, 0.5) is 0 Å². The molecular weight excluding hydrogens is 773 g/mol. The highest BCUT2D eigenvalue weighted by Crippen LogP contribution is 2.46. The van der Waals surface area contributed by atoms with Crippen molar-refractivity contribution in [2.75, 3.05) is 34.7 Å². The van der Waals surface area contributed by atoms with E-state index in [-0.39, 0.29) is 0 Å². The molecule has 0 aliphatic heterocycles. The third-order valence-corrected chi connectivity index (χ3v) is 16.4. The van der Waals surface area contributed by atoms with Gasteiger partial charge in [0.15, 0.2) is 0 Å². The van der Waals surface area contributed by atoms with Gasteiger partial charge in [-0.3, -0.25) is 0 Å². The van der Waals surface area contributed by atoms with Gasteiger partial charge in [0, 0.05) is 6.04 Å². The van der Waals surface area contributed by atoms with Crippen molar-refractivity contribution in [1.82, 2.24) is 9.80 Å². The molecule has 2 fully saturated rings. The van der Waals surface area contributed by atoms with E-state index in [9.17, 15) is 0 Å². The van der Waals surface area contributed by atoms with Gasteiger partial charge in [-0.1, -0.05) is 297 Å². The van der Waals surface area contributed by atoms with E-state index in [2.05, 4.69) is 65.7 Å². The first kappa shape index (κ1) is 61.9. The van der Waals surface area contributed by atoms with Crippen molar-refractivity contribution in [3.05, 3.63) is 0 Å². The summed E-state index contributed by atoms with van der Waals surface area (Å²) in [6.07, 6.45) is 69.2. The molecule has 0 radical (unpaired) electrons. The summed E-state index contributed by atoms with van der Waals surface area (Å²) in [6, 6.07) is 0.826. The summed E-state index contributed by atoms with van der Waals surface area (Å²) in [5.41, 5.74) is 0. The predicted molar refractivity (Wildman–Crippen MR) is 293 cm³/mol. The second-order valence-corrected chi connectivity index (χ2v) is 23.2. The second kappa shape index (κ2) is 46.6. The Bertz CT molecular complexity index is 897. The van der Waals surface area contributed by atoms with Crippen LogP contribution >= 0.6 is 0 Å². The van der Waals surface area contributed by atoms with Crippen molar-refractivity contribution >= 4 is 0 Å². The summed E-state index contributed by atoms with van der Waals surface area (Å²) < 4.78 is 0. The zero-order chi connectivity index (χ0) is 46.6. The van der Waals surface area contributed by atoms with Gasteiger partial charge >= 0.3 is 0 Å². The maximum absolute atomic E-state index is 2.50. The maximum Gasteiger partial charge on any atom is 0.00891 e. The van der Waals surface area contributed by atoms with Crippen LogP contribution in [0, 0.1) is 29.6 Å². The fourth-order valence-corrected chi connectivity index (χ4v) is 11.4. The molecule has 0 bridgehead atoms. The Morgan fingerprint density at radius 3 is 0.844 bits per heavy atom. The summed E-state index contributed by atoms with van der Waals surface area (Å²) in [5.74, 6) is 5.45. The van der Waals surface area contributed by atoms with Crippen molar-refractivity contribution in [3.63, 3.8) is 0 Å². The Morgan fingerprint density at radius 2 is 0.547 bits per heavy atom. The highest BCUT2D eigenvalue weighted by Gasteiger charge is 2.36. The molecule has 2 unspecified atom stereocenters. The molecule has 384 valence electrons. The van der Waals surface area contributed by atoms with Crippen LogP contribution in [0.3, 0.4) is 0 Å². The standard InChI is InChI=1S/C32H65N.C30H61N/c1-5-7-9-11-13-15-19-23-30(27-28-33(3)4)24-20-16-14-18-22-26-32-29-31(32)25-21-17-12-10-8-6-2;1-5-7-9-11-13-14-16-17-19-23-28-27-29(28)24-21-22-26-30(31(3)4)25-20-18-15-12-10-8-6-2/h30-32H,5-29H2,1-4H3;28-30H,5-27H2,1-4H3/t30?,31-,32+;28-,29+,30?/m10/s1. The summed E-state index contributed by atoms with van der Waals surface area (Å²) in [5, 5.41) is 0. The van der Waals surface area contributed by atoms with Gasteiger partial charge < -0.3 is 9.80 Å². The smallest absolute Gasteiger partial charge is 0.00891 e. The molecule has 2 heteroatoms. The van der Waals surface area contributed by atoms with Gasteiger partial charge in [-0.05, 0) is 96.4 Å². The number of hydrogen-bond acceptors (Lipinski definition) is 2. The van der Waals surface area contributed by atoms with E-state index in [4.69, 9.17) is 0 Å². The molecule has 0 saturated heterocycles. The highest BCUT2D eigenvalue weighted by atomic mass is 15.1. The maximum atomic E-state index is 2.50. The monoisotopic (exact) mass is 899 g/mol. The van der Waals surface area contributed by atoms with E-state index in [1.165, 1.54) is 276 Å². The first-order valence-corrected chi connectivity index (χ1v) is 30.7. The lowest BCUT2D eigenvalue weighted by molar-refractivity contribution is 0.251. The normalized spacial score (nSPS) is 19.0. The first-order chi connectivity index (χ1) is 31.4. The largest absolute Gasteiger partial charge is 0.309 e. The molecule has 0 N–H and O–H groups in total. The molecule has 0 spiro atoms. The van der Waals surface area contributed by atoms with E-state index < -0.39 is 0 Å². The topological polar surface area (TPSA) is 6.48 Å². The number of rotatable bonds is 50. The lowest BCUT2D eigenvalue weighted by Gasteiger charge is -2.24. The van der Waals surface area contributed by atoms with Crippen LogP contribution in [0.1, 0.15) is 329 Å². The highest BCUT2D eigenvalue weighted by molar-refractivity contribution is 4.86. The Morgan fingerprint density at radius 1 is 0.297 bits per heavy atom. The van der Waals surface area contributed by atoms with Gasteiger partial charge in [0.25, 0.3) is 0 Å². The van der Waals surface area contributed by atoms with E-state index in [0.717, 1.165) is 35.6 Å². The van der Waals surface area contributed by atoms with E-state index >= 15 is 0 Å².